The van der Waals surface area contributed by atoms with Crippen molar-refractivity contribution in [3.63, 3.8) is 0 Å². The molecule has 0 spiro atoms. The van der Waals surface area contributed by atoms with E-state index in [-0.39, 0.29) is 12.1 Å². The van der Waals surface area contributed by atoms with Gasteiger partial charge in [-0.3, -0.25) is 4.79 Å². The minimum atomic E-state index is -0.0677. The first-order valence-corrected chi connectivity index (χ1v) is 5.02. The molecule has 1 aliphatic carbocycles. The number of H-pyrrole nitrogens is 1. The minimum absolute atomic E-state index is 0.0677. The smallest absolute Gasteiger partial charge is 0.255 e. The van der Waals surface area contributed by atoms with Crippen LogP contribution in [-0.2, 0) is 6.54 Å². The number of aromatic amines is 1. The molecule has 14 heavy (non-hydrogen) atoms. The lowest BCUT2D eigenvalue weighted by atomic mass is 9.85. The molecule has 1 heterocycles. The summed E-state index contributed by atoms with van der Waals surface area (Å²) in [5, 5.41) is 0. The monoisotopic (exact) mass is 193 g/mol. The second-order valence-electron chi connectivity index (χ2n) is 3.85. The molecule has 0 saturated heterocycles. The van der Waals surface area contributed by atoms with Crippen molar-refractivity contribution in [1.29, 1.82) is 0 Å². The van der Waals surface area contributed by atoms with E-state index in [0.29, 0.717) is 11.5 Å². The van der Waals surface area contributed by atoms with Crippen LogP contribution in [0.5, 0.6) is 0 Å². The Kier molecular flexibility index (Phi) is 2.37. The molecular weight excluding hydrogens is 178 g/mol. The number of nitrogens with two attached hydrogens (primary N) is 1. The Morgan fingerprint density at radius 2 is 2.29 bits per heavy atom. The quantitative estimate of drug-likeness (QED) is 0.730. The molecule has 0 aromatic carbocycles. The lowest BCUT2D eigenvalue weighted by molar-refractivity contribution is 0.399. The summed E-state index contributed by atoms with van der Waals surface area (Å²) in [6, 6.07) is 0. The molecule has 3 N–H and O–H groups in total. The van der Waals surface area contributed by atoms with Gasteiger partial charge >= 0.3 is 0 Å². The zero-order valence-corrected chi connectivity index (χ0v) is 8.34. The van der Waals surface area contributed by atoms with Crippen molar-refractivity contribution in [1.82, 2.24) is 9.97 Å². The molecule has 1 aromatic rings. The van der Waals surface area contributed by atoms with Gasteiger partial charge in [0, 0.05) is 18.2 Å². The fourth-order valence-electron chi connectivity index (χ4n) is 1.75. The van der Waals surface area contributed by atoms with Gasteiger partial charge in [-0.05, 0) is 19.8 Å². The zero-order chi connectivity index (χ0) is 10.1. The van der Waals surface area contributed by atoms with E-state index in [1.165, 1.54) is 6.42 Å². The van der Waals surface area contributed by atoms with Gasteiger partial charge in [-0.25, -0.2) is 4.98 Å². The average molecular weight is 193 g/mol. The number of hydrogen-bond acceptors (Lipinski definition) is 3. The molecule has 0 atom stereocenters. The van der Waals surface area contributed by atoms with Gasteiger partial charge in [-0.1, -0.05) is 6.42 Å². The molecule has 1 saturated carbocycles. The Balaban J connectivity index is 2.40. The van der Waals surface area contributed by atoms with E-state index in [4.69, 9.17) is 5.73 Å². The van der Waals surface area contributed by atoms with Crippen LogP contribution in [0.1, 0.15) is 42.3 Å². The summed E-state index contributed by atoms with van der Waals surface area (Å²) in [7, 11) is 0. The molecule has 0 amide bonds. The topological polar surface area (TPSA) is 71.8 Å². The normalized spacial score (nSPS) is 16.7. The van der Waals surface area contributed by atoms with Crippen molar-refractivity contribution in [3.8, 4) is 0 Å². The maximum absolute atomic E-state index is 11.6. The van der Waals surface area contributed by atoms with Gasteiger partial charge in [0.05, 0.1) is 5.56 Å². The van der Waals surface area contributed by atoms with E-state index >= 15 is 0 Å². The van der Waals surface area contributed by atoms with Crippen molar-refractivity contribution < 1.29 is 0 Å². The van der Waals surface area contributed by atoms with Crippen molar-refractivity contribution in [3.05, 3.63) is 27.4 Å². The summed E-state index contributed by atoms with van der Waals surface area (Å²) >= 11 is 0. The van der Waals surface area contributed by atoms with Crippen LogP contribution in [0.15, 0.2) is 4.79 Å². The Morgan fingerprint density at radius 1 is 1.57 bits per heavy atom. The van der Waals surface area contributed by atoms with Crippen molar-refractivity contribution in [2.75, 3.05) is 0 Å². The predicted molar refractivity (Wildman–Crippen MR) is 54.1 cm³/mol. The summed E-state index contributed by atoms with van der Waals surface area (Å²) in [6.45, 7) is 2.11. The van der Waals surface area contributed by atoms with Gasteiger partial charge in [0.2, 0.25) is 0 Å². The molecule has 0 aliphatic heterocycles. The molecule has 1 fully saturated rings. The number of rotatable bonds is 2. The van der Waals surface area contributed by atoms with E-state index in [1.807, 2.05) is 6.92 Å². The third-order valence-corrected chi connectivity index (χ3v) is 2.94. The van der Waals surface area contributed by atoms with E-state index in [2.05, 4.69) is 9.97 Å². The van der Waals surface area contributed by atoms with Crippen LogP contribution in [0.25, 0.3) is 0 Å². The summed E-state index contributed by atoms with van der Waals surface area (Å²) in [4.78, 5) is 18.8. The fourth-order valence-corrected chi connectivity index (χ4v) is 1.75. The Morgan fingerprint density at radius 3 is 2.71 bits per heavy atom. The first-order valence-electron chi connectivity index (χ1n) is 5.02. The molecule has 0 unspecified atom stereocenters. The van der Waals surface area contributed by atoms with E-state index in [0.717, 1.165) is 24.4 Å². The van der Waals surface area contributed by atoms with E-state index in [1.54, 1.807) is 0 Å². The maximum Gasteiger partial charge on any atom is 0.255 e. The second-order valence-corrected chi connectivity index (χ2v) is 3.85. The Labute approximate surface area is 82.6 Å². The lowest BCUT2D eigenvalue weighted by Crippen LogP contribution is -2.24. The lowest BCUT2D eigenvalue weighted by Gasteiger charge is -2.24. The standard InChI is InChI=1S/C10H15N3O/c1-6-8(5-11)10(14)13-9(12-6)7-3-2-4-7/h7H,2-5,11H2,1H3,(H,12,13,14). The van der Waals surface area contributed by atoms with Crippen molar-refractivity contribution in [2.45, 2.75) is 38.6 Å². The highest BCUT2D eigenvalue weighted by Crippen LogP contribution is 2.33. The molecule has 1 aromatic heterocycles. The summed E-state index contributed by atoms with van der Waals surface area (Å²) in [5.41, 5.74) is 6.78. The maximum atomic E-state index is 11.6. The fraction of sp³-hybridized carbons (Fsp3) is 0.600. The van der Waals surface area contributed by atoms with Gasteiger partial charge in [0.15, 0.2) is 0 Å². The molecule has 0 bridgehead atoms. The van der Waals surface area contributed by atoms with Gasteiger partial charge in [-0.2, -0.15) is 0 Å². The highest BCUT2D eigenvalue weighted by molar-refractivity contribution is 5.17. The molecule has 76 valence electrons. The third kappa shape index (κ3) is 1.46. The molecule has 0 radical (unpaired) electrons. The summed E-state index contributed by atoms with van der Waals surface area (Å²) in [6.07, 6.45) is 3.53. The minimum Gasteiger partial charge on any atom is -0.326 e. The number of aryl methyl sites for hydroxylation is 1. The largest absolute Gasteiger partial charge is 0.326 e. The number of nitrogens with one attached hydrogen (secondary N) is 1. The van der Waals surface area contributed by atoms with Crippen molar-refractivity contribution >= 4 is 0 Å². The van der Waals surface area contributed by atoms with Crippen molar-refractivity contribution in [2.24, 2.45) is 5.73 Å². The zero-order valence-electron chi connectivity index (χ0n) is 8.34. The molecule has 1 aliphatic rings. The number of aromatic nitrogens is 2. The highest BCUT2D eigenvalue weighted by atomic mass is 16.1. The predicted octanol–water partition coefficient (Wildman–Crippen LogP) is 0.805. The van der Waals surface area contributed by atoms with E-state index < -0.39 is 0 Å². The van der Waals surface area contributed by atoms with Crippen LogP contribution in [-0.4, -0.2) is 9.97 Å². The molecule has 2 rings (SSSR count). The average Bonchev–Trinajstić information content (AvgIpc) is 2.00. The Hall–Kier alpha value is -1.16. The van der Waals surface area contributed by atoms with Crippen LogP contribution >= 0.6 is 0 Å². The van der Waals surface area contributed by atoms with E-state index in [9.17, 15) is 4.79 Å². The number of hydrogen-bond donors (Lipinski definition) is 2. The van der Waals surface area contributed by atoms with Crippen LogP contribution < -0.4 is 11.3 Å². The highest BCUT2D eigenvalue weighted by Gasteiger charge is 2.22. The molecule has 4 heteroatoms. The Bertz CT molecular complexity index is 393. The van der Waals surface area contributed by atoms with Gasteiger partial charge in [0.25, 0.3) is 5.56 Å². The second kappa shape index (κ2) is 3.53. The molecule has 4 nitrogen and oxygen atoms in total. The van der Waals surface area contributed by atoms with Gasteiger partial charge in [-0.15, -0.1) is 0 Å². The van der Waals surface area contributed by atoms with Gasteiger partial charge < -0.3 is 10.7 Å². The SMILES string of the molecule is Cc1nc(C2CCC2)[nH]c(=O)c1CN. The summed E-state index contributed by atoms with van der Waals surface area (Å²) < 4.78 is 0. The van der Waals surface area contributed by atoms with Gasteiger partial charge in [0.1, 0.15) is 5.82 Å². The van der Waals surface area contributed by atoms with Crippen LogP contribution in [0.2, 0.25) is 0 Å². The summed E-state index contributed by atoms with van der Waals surface area (Å²) in [5.74, 6) is 1.31. The number of nitrogens with zero attached hydrogens (tertiary/aromatic N) is 1. The third-order valence-electron chi connectivity index (χ3n) is 2.94. The van der Waals surface area contributed by atoms with Crippen LogP contribution in [0.4, 0.5) is 0 Å². The van der Waals surface area contributed by atoms with Crippen LogP contribution in [0.3, 0.4) is 0 Å². The first-order chi connectivity index (χ1) is 6.72. The van der Waals surface area contributed by atoms with Crippen LogP contribution in [0, 0.1) is 6.92 Å². The first kappa shape index (κ1) is 9.40. The molecular formula is C10H15N3O.